The van der Waals surface area contributed by atoms with Crippen LogP contribution in [0.15, 0.2) is 30.5 Å². The number of ether oxygens (including phenoxy) is 1. The van der Waals surface area contributed by atoms with E-state index in [1.165, 1.54) is 22.7 Å². The molecule has 29 heavy (non-hydrogen) atoms. The van der Waals surface area contributed by atoms with Crippen molar-refractivity contribution in [1.82, 2.24) is 18.9 Å². The van der Waals surface area contributed by atoms with Gasteiger partial charge in [-0.05, 0) is 30.9 Å². The average molecular weight is 423 g/mol. The summed E-state index contributed by atoms with van der Waals surface area (Å²) >= 11 is 0. The zero-order valence-electron chi connectivity index (χ0n) is 17.1. The molecule has 1 aromatic carbocycles. The number of benzene rings is 1. The summed E-state index contributed by atoms with van der Waals surface area (Å²) in [4.78, 5) is 15.5. The molecule has 1 aromatic heterocycles. The lowest BCUT2D eigenvalue weighted by atomic mass is 10.1. The van der Waals surface area contributed by atoms with Crippen molar-refractivity contribution >= 4 is 27.0 Å². The first-order valence-corrected chi connectivity index (χ1v) is 11.4. The third kappa shape index (κ3) is 5.36. The molecular weight excluding hydrogens is 392 g/mol. The summed E-state index contributed by atoms with van der Waals surface area (Å²) in [5.41, 5.74) is 2.17. The molecule has 0 bridgehead atoms. The van der Waals surface area contributed by atoms with Gasteiger partial charge >= 0.3 is 0 Å². The van der Waals surface area contributed by atoms with Crippen LogP contribution in [0.5, 0.6) is 0 Å². The highest BCUT2D eigenvalue weighted by molar-refractivity contribution is 7.86. The van der Waals surface area contributed by atoms with Crippen molar-refractivity contribution < 1.29 is 17.9 Å². The fourth-order valence-electron chi connectivity index (χ4n) is 3.65. The van der Waals surface area contributed by atoms with Crippen LogP contribution in [0.1, 0.15) is 24.8 Å². The van der Waals surface area contributed by atoms with Crippen molar-refractivity contribution in [3.05, 3.63) is 36.0 Å². The smallest absolute Gasteiger partial charge is 0.281 e. The second-order valence-electron chi connectivity index (χ2n) is 7.45. The largest absolute Gasteiger partial charge is 0.381 e. The molecule has 3 rings (SSSR count). The molecule has 9 heteroatoms. The van der Waals surface area contributed by atoms with Crippen LogP contribution in [0.2, 0.25) is 0 Å². The van der Waals surface area contributed by atoms with Gasteiger partial charge in [-0.1, -0.05) is 18.2 Å². The molecule has 1 saturated heterocycles. The van der Waals surface area contributed by atoms with Crippen molar-refractivity contribution in [2.45, 2.75) is 31.7 Å². The number of H-pyrrole nitrogens is 1. The fraction of sp³-hybridized carbons (Fsp3) is 0.550. The van der Waals surface area contributed by atoms with Crippen molar-refractivity contribution in [2.24, 2.45) is 0 Å². The summed E-state index contributed by atoms with van der Waals surface area (Å²) in [7, 11) is -0.495. The highest BCUT2D eigenvalue weighted by atomic mass is 32.2. The third-order valence-electron chi connectivity index (χ3n) is 5.31. The van der Waals surface area contributed by atoms with Crippen LogP contribution in [0.25, 0.3) is 10.9 Å². The number of nitrogens with zero attached hydrogens (tertiary/aromatic N) is 2. The molecule has 2 heterocycles. The number of para-hydroxylation sites is 1. The van der Waals surface area contributed by atoms with Gasteiger partial charge in [0.25, 0.3) is 10.2 Å². The van der Waals surface area contributed by atoms with Gasteiger partial charge in [-0.3, -0.25) is 4.79 Å². The summed E-state index contributed by atoms with van der Waals surface area (Å²) in [5.74, 6) is -0.0792. The van der Waals surface area contributed by atoms with Crippen LogP contribution in [0.4, 0.5) is 0 Å². The first-order valence-electron chi connectivity index (χ1n) is 9.98. The zero-order valence-corrected chi connectivity index (χ0v) is 17.9. The van der Waals surface area contributed by atoms with Crippen LogP contribution >= 0.6 is 0 Å². The van der Waals surface area contributed by atoms with Gasteiger partial charge in [0.1, 0.15) is 0 Å². The Morgan fingerprint density at radius 3 is 2.69 bits per heavy atom. The number of fused-ring (bicyclic) bond motifs is 1. The lowest BCUT2D eigenvalue weighted by Crippen LogP contribution is -2.50. The van der Waals surface area contributed by atoms with Crippen LogP contribution in [-0.4, -0.2) is 74.4 Å². The van der Waals surface area contributed by atoms with Crippen LogP contribution in [0, 0.1) is 0 Å². The van der Waals surface area contributed by atoms with Crippen LogP contribution in [-0.2, 0) is 26.2 Å². The number of rotatable bonds is 9. The van der Waals surface area contributed by atoms with Crippen molar-refractivity contribution in [3.8, 4) is 0 Å². The number of hydrogen-bond donors (Lipinski definition) is 2. The van der Waals surface area contributed by atoms with E-state index in [1.807, 2.05) is 30.5 Å². The maximum absolute atomic E-state index is 12.7. The summed E-state index contributed by atoms with van der Waals surface area (Å²) in [6, 6.07) is 7.91. The maximum atomic E-state index is 12.7. The standard InChI is InChI=1S/C20H30N4O4S/c1-23(2)29(26,27)24(17-9-13-28-14-10-17)12-11-21-20(25)8-7-16-15-22-19-6-4-3-5-18(16)19/h3-6,15,17,22H,7-14H2,1-2H3,(H,21,25). The van der Waals surface area contributed by atoms with E-state index in [0.29, 0.717) is 38.9 Å². The Bertz CT molecular complexity index is 919. The topological polar surface area (TPSA) is 94.7 Å². The molecule has 1 amide bonds. The molecule has 0 saturated carbocycles. The first-order chi connectivity index (χ1) is 13.9. The van der Waals surface area contributed by atoms with Crippen molar-refractivity contribution in [1.29, 1.82) is 0 Å². The number of carbonyl (C=O) groups is 1. The van der Waals surface area contributed by atoms with Crippen molar-refractivity contribution in [2.75, 3.05) is 40.4 Å². The Labute approximate surface area is 172 Å². The van der Waals surface area contributed by atoms with E-state index in [9.17, 15) is 13.2 Å². The molecule has 8 nitrogen and oxygen atoms in total. The molecule has 2 N–H and O–H groups in total. The van der Waals surface area contributed by atoms with Gasteiger partial charge in [0, 0.05) is 70.0 Å². The summed E-state index contributed by atoms with van der Waals surface area (Å²) < 4.78 is 33.5. The first kappa shape index (κ1) is 21.8. The second-order valence-corrected chi connectivity index (χ2v) is 9.55. The van der Waals surface area contributed by atoms with Gasteiger partial charge in [-0.25, -0.2) is 0 Å². The minimum atomic E-state index is -3.55. The fourth-order valence-corrected chi connectivity index (χ4v) is 4.98. The van der Waals surface area contributed by atoms with Gasteiger partial charge in [0.05, 0.1) is 0 Å². The van der Waals surface area contributed by atoms with Crippen LogP contribution < -0.4 is 5.32 Å². The Morgan fingerprint density at radius 1 is 1.24 bits per heavy atom. The Kier molecular flexibility index (Phi) is 7.28. The highest BCUT2D eigenvalue weighted by Gasteiger charge is 2.32. The van der Waals surface area contributed by atoms with Gasteiger partial charge < -0.3 is 15.0 Å². The molecule has 1 aliphatic rings. The normalized spacial score (nSPS) is 16.0. The van der Waals surface area contributed by atoms with E-state index >= 15 is 0 Å². The molecular formula is C20H30N4O4S. The monoisotopic (exact) mass is 422 g/mol. The second kappa shape index (κ2) is 9.71. The van der Waals surface area contributed by atoms with E-state index in [0.717, 1.165) is 16.5 Å². The van der Waals surface area contributed by atoms with Gasteiger partial charge in [0.2, 0.25) is 5.91 Å². The summed E-state index contributed by atoms with van der Waals surface area (Å²) in [5, 5.41) is 4.00. The molecule has 160 valence electrons. The summed E-state index contributed by atoms with van der Waals surface area (Å²) in [6.45, 7) is 1.66. The maximum Gasteiger partial charge on any atom is 0.281 e. The molecule has 0 aliphatic carbocycles. The molecule has 0 spiro atoms. The molecule has 0 radical (unpaired) electrons. The van der Waals surface area contributed by atoms with Gasteiger partial charge in [-0.2, -0.15) is 17.0 Å². The number of nitrogens with one attached hydrogen (secondary N) is 2. The molecule has 1 aliphatic heterocycles. The number of aryl methyl sites for hydroxylation is 1. The Hall–Kier alpha value is -1.94. The minimum absolute atomic E-state index is 0.0792. The van der Waals surface area contributed by atoms with E-state index in [1.54, 1.807) is 0 Å². The van der Waals surface area contributed by atoms with Crippen LogP contribution in [0.3, 0.4) is 0 Å². The lowest BCUT2D eigenvalue weighted by Gasteiger charge is -2.34. The van der Waals surface area contributed by atoms with Gasteiger partial charge in [-0.15, -0.1) is 0 Å². The SMILES string of the molecule is CN(C)S(=O)(=O)N(CCNC(=O)CCc1c[nH]c2ccccc12)C1CCOCC1. The summed E-state index contributed by atoms with van der Waals surface area (Å²) in [6.07, 6.45) is 4.27. The molecule has 2 aromatic rings. The number of aromatic nitrogens is 1. The van der Waals surface area contributed by atoms with E-state index in [2.05, 4.69) is 10.3 Å². The van der Waals surface area contributed by atoms with Gasteiger partial charge in [0.15, 0.2) is 0 Å². The Balaban J connectivity index is 1.52. The minimum Gasteiger partial charge on any atom is -0.381 e. The molecule has 0 unspecified atom stereocenters. The molecule has 0 atom stereocenters. The number of hydrogen-bond acceptors (Lipinski definition) is 4. The average Bonchev–Trinajstić information content (AvgIpc) is 3.13. The quantitative estimate of drug-likeness (QED) is 0.640. The number of amides is 1. The van der Waals surface area contributed by atoms with E-state index < -0.39 is 10.2 Å². The predicted octanol–water partition coefficient (Wildman–Crippen LogP) is 1.50. The third-order valence-corrected chi connectivity index (χ3v) is 7.30. The Morgan fingerprint density at radius 2 is 1.97 bits per heavy atom. The lowest BCUT2D eigenvalue weighted by molar-refractivity contribution is -0.121. The zero-order chi connectivity index (χ0) is 20.9. The number of aromatic amines is 1. The van der Waals surface area contributed by atoms with E-state index in [-0.39, 0.29) is 25.0 Å². The predicted molar refractivity (Wildman–Crippen MR) is 113 cm³/mol. The highest BCUT2D eigenvalue weighted by Crippen LogP contribution is 2.20. The van der Waals surface area contributed by atoms with Crippen molar-refractivity contribution in [3.63, 3.8) is 0 Å². The number of carbonyl (C=O) groups excluding carboxylic acids is 1. The molecule has 1 fully saturated rings. The van der Waals surface area contributed by atoms with E-state index in [4.69, 9.17) is 4.74 Å².